The minimum Gasteiger partial charge on any atom is -0.489 e. The minimum atomic E-state index is 0.0597. The minimum absolute atomic E-state index is 0.0597. The van der Waals surface area contributed by atoms with E-state index in [1.807, 2.05) is 43.3 Å². The van der Waals surface area contributed by atoms with Crippen molar-refractivity contribution in [2.45, 2.75) is 20.5 Å². The molecule has 0 heterocycles. The lowest BCUT2D eigenvalue weighted by Gasteiger charge is -2.10. The first-order valence-corrected chi connectivity index (χ1v) is 6.43. The second-order valence-corrected chi connectivity index (χ2v) is 4.89. The predicted octanol–water partition coefficient (Wildman–Crippen LogP) is 4.43. The number of carbonyl (C=O) groups excluding carboxylic acids is 1. The molecule has 0 aliphatic heterocycles. The van der Waals surface area contributed by atoms with Crippen LogP contribution in [0.25, 0.3) is 0 Å². The van der Waals surface area contributed by atoms with Crippen molar-refractivity contribution in [1.29, 1.82) is 0 Å². The highest BCUT2D eigenvalue weighted by molar-refractivity contribution is 6.30. The molecule has 0 aliphatic rings. The maximum atomic E-state index is 11.3. The SMILES string of the molecule is CC(=O)c1ccc(OCc2cccc(Cl)c2)c(C)c1. The highest BCUT2D eigenvalue weighted by Crippen LogP contribution is 2.21. The van der Waals surface area contributed by atoms with Crippen molar-refractivity contribution in [3.8, 4) is 5.75 Å². The highest BCUT2D eigenvalue weighted by Gasteiger charge is 2.05. The fourth-order valence-corrected chi connectivity index (χ4v) is 2.03. The Balaban J connectivity index is 2.10. The number of rotatable bonds is 4. The first kappa shape index (κ1) is 13.6. The van der Waals surface area contributed by atoms with Gasteiger partial charge in [0, 0.05) is 10.6 Å². The second kappa shape index (κ2) is 5.89. The summed E-state index contributed by atoms with van der Waals surface area (Å²) in [6.45, 7) is 3.95. The summed E-state index contributed by atoms with van der Waals surface area (Å²) in [6, 6.07) is 13.0. The van der Waals surface area contributed by atoms with Gasteiger partial charge in [0.05, 0.1) is 0 Å². The van der Waals surface area contributed by atoms with Crippen molar-refractivity contribution < 1.29 is 9.53 Å². The molecule has 0 saturated carbocycles. The average molecular weight is 275 g/mol. The number of halogens is 1. The van der Waals surface area contributed by atoms with Crippen LogP contribution in [-0.4, -0.2) is 5.78 Å². The largest absolute Gasteiger partial charge is 0.489 e. The van der Waals surface area contributed by atoms with Crippen LogP contribution < -0.4 is 4.74 Å². The fraction of sp³-hybridized carbons (Fsp3) is 0.188. The van der Waals surface area contributed by atoms with E-state index in [0.29, 0.717) is 17.2 Å². The molecule has 0 fully saturated rings. The van der Waals surface area contributed by atoms with E-state index in [1.54, 1.807) is 13.0 Å². The third-order valence-corrected chi connectivity index (χ3v) is 3.10. The van der Waals surface area contributed by atoms with E-state index < -0.39 is 0 Å². The van der Waals surface area contributed by atoms with Crippen LogP contribution in [0.3, 0.4) is 0 Å². The van der Waals surface area contributed by atoms with Crippen molar-refractivity contribution in [2.24, 2.45) is 0 Å². The number of hydrogen-bond acceptors (Lipinski definition) is 2. The molecule has 0 unspecified atom stereocenters. The average Bonchev–Trinajstić information content (AvgIpc) is 2.37. The second-order valence-electron chi connectivity index (χ2n) is 4.46. The lowest BCUT2D eigenvalue weighted by atomic mass is 10.1. The van der Waals surface area contributed by atoms with Gasteiger partial charge in [-0.1, -0.05) is 23.7 Å². The Morgan fingerprint density at radius 1 is 1.21 bits per heavy atom. The van der Waals surface area contributed by atoms with E-state index >= 15 is 0 Å². The van der Waals surface area contributed by atoms with E-state index in [1.165, 1.54) is 0 Å². The van der Waals surface area contributed by atoms with Gasteiger partial charge in [0.2, 0.25) is 0 Å². The number of ether oxygens (including phenoxy) is 1. The van der Waals surface area contributed by atoms with Gasteiger partial charge in [-0.3, -0.25) is 4.79 Å². The van der Waals surface area contributed by atoms with Crippen molar-refractivity contribution in [1.82, 2.24) is 0 Å². The first-order valence-electron chi connectivity index (χ1n) is 6.05. The lowest BCUT2D eigenvalue weighted by molar-refractivity contribution is 0.101. The molecule has 0 radical (unpaired) electrons. The third-order valence-electron chi connectivity index (χ3n) is 2.86. The summed E-state index contributed by atoms with van der Waals surface area (Å²) in [5, 5.41) is 0.699. The van der Waals surface area contributed by atoms with Gasteiger partial charge < -0.3 is 4.74 Å². The van der Waals surface area contributed by atoms with E-state index in [9.17, 15) is 4.79 Å². The number of benzene rings is 2. The Hall–Kier alpha value is -1.80. The summed E-state index contributed by atoms with van der Waals surface area (Å²) in [4.78, 5) is 11.3. The zero-order chi connectivity index (χ0) is 13.8. The summed E-state index contributed by atoms with van der Waals surface area (Å²) in [5.41, 5.74) is 2.67. The Morgan fingerprint density at radius 2 is 2.00 bits per heavy atom. The van der Waals surface area contributed by atoms with Gasteiger partial charge in [-0.15, -0.1) is 0 Å². The molecule has 2 aromatic carbocycles. The normalized spacial score (nSPS) is 10.3. The highest BCUT2D eigenvalue weighted by atomic mass is 35.5. The molecule has 0 amide bonds. The maximum absolute atomic E-state index is 11.3. The summed E-state index contributed by atoms with van der Waals surface area (Å²) >= 11 is 5.92. The molecular formula is C16H15ClO2. The van der Waals surface area contributed by atoms with Crippen molar-refractivity contribution in [3.05, 3.63) is 64.2 Å². The molecule has 0 atom stereocenters. The van der Waals surface area contributed by atoms with E-state index in [-0.39, 0.29) is 5.78 Å². The molecule has 19 heavy (non-hydrogen) atoms. The molecular weight excluding hydrogens is 260 g/mol. The fourth-order valence-electron chi connectivity index (χ4n) is 1.82. The van der Waals surface area contributed by atoms with Crippen LogP contribution in [0.4, 0.5) is 0 Å². The topological polar surface area (TPSA) is 26.3 Å². The van der Waals surface area contributed by atoms with E-state index in [4.69, 9.17) is 16.3 Å². The molecule has 0 N–H and O–H groups in total. The summed E-state index contributed by atoms with van der Waals surface area (Å²) in [6.07, 6.45) is 0. The predicted molar refractivity (Wildman–Crippen MR) is 77.0 cm³/mol. The van der Waals surface area contributed by atoms with Crippen LogP contribution in [0.15, 0.2) is 42.5 Å². The quantitative estimate of drug-likeness (QED) is 0.771. The van der Waals surface area contributed by atoms with Gasteiger partial charge in [-0.05, 0) is 55.3 Å². The smallest absolute Gasteiger partial charge is 0.159 e. The molecule has 0 bridgehead atoms. The lowest BCUT2D eigenvalue weighted by Crippen LogP contribution is -1.99. The molecule has 3 heteroatoms. The molecule has 2 aromatic rings. The van der Waals surface area contributed by atoms with Gasteiger partial charge in [0.15, 0.2) is 5.78 Å². The molecule has 0 aliphatic carbocycles. The summed E-state index contributed by atoms with van der Waals surface area (Å²) in [5.74, 6) is 0.842. The van der Waals surface area contributed by atoms with Crippen LogP contribution in [0, 0.1) is 6.92 Å². The van der Waals surface area contributed by atoms with Crippen molar-refractivity contribution in [2.75, 3.05) is 0 Å². The Bertz CT molecular complexity index is 605. The molecule has 2 rings (SSSR count). The first-order chi connectivity index (χ1) is 9.06. The van der Waals surface area contributed by atoms with Crippen LogP contribution in [-0.2, 0) is 6.61 Å². The van der Waals surface area contributed by atoms with Gasteiger partial charge in [-0.25, -0.2) is 0 Å². The van der Waals surface area contributed by atoms with Crippen LogP contribution in [0.2, 0.25) is 5.02 Å². The van der Waals surface area contributed by atoms with Crippen LogP contribution >= 0.6 is 11.6 Å². The van der Waals surface area contributed by atoms with Crippen LogP contribution in [0.1, 0.15) is 28.4 Å². The molecule has 2 nitrogen and oxygen atoms in total. The Morgan fingerprint density at radius 3 is 2.63 bits per heavy atom. The van der Waals surface area contributed by atoms with Gasteiger partial charge in [0.1, 0.15) is 12.4 Å². The monoisotopic (exact) mass is 274 g/mol. The van der Waals surface area contributed by atoms with Crippen molar-refractivity contribution in [3.63, 3.8) is 0 Å². The zero-order valence-electron chi connectivity index (χ0n) is 10.9. The number of carbonyl (C=O) groups is 1. The Labute approximate surface area is 118 Å². The number of hydrogen-bond donors (Lipinski definition) is 0. The van der Waals surface area contributed by atoms with E-state index in [0.717, 1.165) is 16.9 Å². The van der Waals surface area contributed by atoms with Gasteiger partial charge in [0.25, 0.3) is 0 Å². The third kappa shape index (κ3) is 3.58. The standard InChI is InChI=1S/C16H15ClO2/c1-11-8-14(12(2)18)6-7-16(11)19-10-13-4-3-5-15(17)9-13/h3-9H,10H2,1-2H3. The summed E-state index contributed by atoms with van der Waals surface area (Å²) < 4.78 is 5.74. The van der Waals surface area contributed by atoms with E-state index in [2.05, 4.69) is 0 Å². The molecule has 0 spiro atoms. The molecule has 98 valence electrons. The van der Waals surface area contributed by atoms with Gasteiger partial charge >= 0.3 is 0 Å². The van der Waals surface area contributed by atoms with Gasteiger partial charge in [-0.2, -0.15) is 0 Å². The maximum Gasteiger partial charge on any atom is 0.159 e. The van der Waals surface area contributed by atoms with Crippen molar-refractivity contribution >= 4 is 17.4 Å². The van der Waals surface area contributed by atoms with Crippen LogP contribution in [0.5, 0.6) is 5.75 Å². The summed E-state index contributed by atoms with van der Waals surface area (Å²) in [7, 11) is 0. The number of aryl methyl sites for hydroxylation is 1. The Kier molecular flexibility index (Phi) is 4.23. The molecule has 0 saturated heterocycles. The number of ketones is 1. The molecule has 0 aromatic heterocycles. The number of Topliss-reactive ketones (excluding diaryl/α,β-unsaturated/α-hetero) is 1. The zero-order valence-corrected chi connectivity index (χ0v) is 11.7.